The molecule has 9 nitrogen and oxygen atoms in total. The van der Waals surface area contributed by atoms with Crippen molar-refractivity contribution in [2.75, 3.05) is 6.61 Å². The summed E-state index contributed by atoms with van der Waals surface area (Å²) >= 11 is 0. The molecule has 1 atom stereocenters. The second-order valence-corrected chi connectivity index (χ2v) is 4.27. The molecule has 2 aromatic rings. The van der Waals surface area contributed by atoms with Crippen LogP contribution in [-0.2, 0) is 25.5 Å². The van der Waals surface area contributed by atoms with Crippen molar-refractivity contribution in [3.05, 3.63) is 27.2 Å². The number of aliphatic hydroxyl groups excluding tert-OH is 1. The highest BCUT2D eigenvalue weighted by molar-refractivity contribution is 5.85. The van der Waals surface area contributed by atoms with Gasteiger partial charge in [0, 0.05) is 14.1 Å². The van der Waals surface area contributed by atoms with Crippen molar-refractivity contribution in [3.63, 3.8) is 0 Å². The Bertz CT molecular complexity index is 719. The van der Waals surface area contributed by atoms with Gasteiger partial charge in [-0.3, -0.25) is 13.9 Å². The molecule has 0 fully saturated rings. The lowest BCUT2D eigenvalue weighted by molar-refractivity contribution is 0.0266. The summed E-state index contributed by atoms with van der Waals surface area (Å²) in [7, 11) is 3.17. The predicted octanol–water partition coefficient (Wildman–Crippen LogP) is -1.89. The van der Waals surface area contributed by atoms with Gasteiger partial charge in [-0.2, -0.15) is 0 Å². The van der Waals surface area contributed by atoms with E-state index >= 15 is 0 Å². The first kappa shape index (κ1) is 16.4. The third-order valence-corrected chi connectivity index (χ3v) is 2.88. The Morgan fingerprint density at radius 1 is 1.45 bits per heavy atom. The lowest BCUT2D eigenvalue weighted by Gasteiger charge is -2.12. The van der Waals surface area contributed by atoms with Crippen LogP contribution in [0.15, 0.2) is 15.9 Å². The van der Waals surface area contributed by atoms with E-state index in [1.807, 2.05) is 0 Å². The van der Waals surface area contributed by atoms with Gasteiger partial charge in [0.15, 0.2) is 11.2 Å². The fourth-order valence-electron chi connectivity index (χ4n) is 1.93. The van der Waals surface area contributed by atoms with Gasteiger partial charge in [-0.15, -0.1) is 12.4 Å². The van der Waals surface area contributed by atoms with Crippen LogP contribution in [0, 0.1) is 0 Å². The number of aliphatic hydroxyl groups is 1. The van der Waals surface area contributed by atoms with Gasteiger partial charge in [0.25, 0.3) is 5.56 Å². The Morgan fingerprint density at radius 3 is 2.70 bits per heavy atom. The Morgan fingerprint density at radius 2 is 2.10 bits per heavy atom. The minimum atomic E-state index is -1.04. The minimum absolute atomic E-state index is 0. The monoisotopic (exact) mass is 305 g/mol. The van der Waals surface area contributed by atoms with Crippen LogP contribution in [0.4, 0.5) is 0 Å². The van der Waals surface area contributed by atoms with E-state index in [0.29, 0.717) is 11.2 Å². The number of rotatable bonds is 4. The average Bonchev–Trinajstić information content (AvgIpc) is 2.74. The SMILES string of the molecule is Cl.Cn1cnc2c1c(=O)n(CC(O)CON)c(=O)n2C. The van der Waals surface area contributed by atoms with Crippen molar-refractivity contribution in [2.45, 2.75) is 12.6 Å². The molecule has 2 aromatic heterocycles. The molecule has 0 amide bonds. The molecule has 3 N–H and O–H groups in total. The summed E-state index contributed by atoms with van der Waals surface area (Å²) in [6.45, 7) is -0.358. The summed E-state index contributed by atoms with van der Waals surface area (Å²) in [6.07, 6.45) is 0.413. The van der Waals surface area contributed by atoms with Gasteiger partial charge in [-0.1, -0.05) is 0 Å². The van der Waals surface area contributed by atoms with Gasteiger partial charge < -0.3 is 14.5 Å². The number of hydrogen-bond acceptors (Lipinski definition) is 6. The first-order valence-electron chi connectivity index (χ1n) is 5.58. The number of hydrogen-bond donors (Lipinski definition) is 2. The van der Waals surface area contributed by atoms with Crippen LogP contribution in [0.25, 0.3) is 11.2 Å². The third-order valence-electron chi connectivity index (χ3n) is 2.88. The molecule has 0 aromatic carbocycles. The maximum atomic E-state index is 12.2. The molecule has 0 aliphatic rings. The number of nitrogens with two attached hydrogens (primary N) is 1. The minimum Gasteiger partial charge on any atom is -0.389 e. The van der Waals surface area contributed by atoms with Crippen molar-refractivity contribution in [3.8, 4) is 0 Å². The standard InChI is InChI=1S/C10H15N5O4.ClH/c1-13-5-12-8-7(13)9(17)15(10(18)14(8)2)3-6(16)4-19-11;/h5-6,16H,3-4,11H2,1-2H3;1H. The first-order valence-corrected chi connectivity index (χ1v) is 5.58. The lowest BCUT2D eigenvalue weighted by Crippen LogP contribution is -2.43. The smallest absolute Gasteiger partial charge is 0.332 e. The van der Waals surface area contributed by atoms with Crippen molar-refractivity contribution in [2.24, 2.45) is 20.0 Å². The second-order valence-electron chi connectivity index (χ2n) is 4.27. The zero-order chi connectivity index (χ0) is 14.2. The van der Waals surface area contributed by atoms with E-state index in [-0.39, 0.29) is 25.6 Å². The van der Waals surface area contributed by atoms with E-state index < -0.39 is 17.4 Å². The van der Waals surface area contributed by atoms with Gasteiger partial charge in [0.1, 0.15) is 0 Å². The highest BCUT2D eigenvalue weighted by Crippen LogP contribution is 2.03. The van der Waals surface area contributed by atoms with E-state index in [9.17, 15) is 14.7 Å². The Hall–Kier alpha value is -1.68. The number of aryl methyl sites for hydroxylation is 2. The zero-order valence-corrected chi connectivity index (χ0v) is 11.8. The summed E-state index contributed by atoms with van der Waals surface area (Å²) in [4.78, 5) is 32.6. The average molecular weight is 306 g/mol. The largest absolute Gasteiger partial charge is 0.389 e. The molecule has 0 spiro atoms. The fourth-order valence-corrected chi connectivity index (χ4v) is 1.93. The molecule has 1 unspecified atom stereocenters. The van der Waals surface area contributed by atoms with E-state index in [4.69, 9.17) is 5.90 Å². The number of halogens is 1. The summed E-state index contributed by atoms with van der Waals surface area (Å²) < 4.78 is 3.72. The lowest BCUT2D eigenvalue weighted by atomic mass is 10.3. The molecule has 2 heterocycles. The van der Waals surface area contributed by atoms with Crippen molar-refractivity contribution in [1.82, 2.24) is 18.7 Å². The highest BCUT2D eigenvalue weighted by atomic mass is 35.5. The van der Waals surface area contributed by atoms with Crippen molar-refractivity contribution in [1.29, 1.82) is 0 Å². The fraction of sp³-hybridized carbons (Fsp3) is 0.500. The third kappa shape index (κ3) is 2.61. The highest BCUT2D eigenvalue weighted by Gasteiger charge is 2.17. The topological polar surface area (TPSA) is 117 Å². The Kier molecular flexibility index (Phi) is 5.06. The molecule has 112 valence electrons. The Balaban J connectivity index is 0.00000200. The van der Waals surface area contributed by atoms with Crippen molar-refractivity contribution < 1.29 is 9.94 Å². The number of aromatic nitrogens is 4. The molecule has 2 rings (SSSR count). The van der Waals surface area contributed by atoms with Crippen LogP contribution < -0.4 is 17.1 Å². The Labute approximate surface area is 119 Å². The molecule has 0 radical (unpaired) electrons. The van der Waals surface area contributed by atoms with Crippen LogP contribution in [0.2, 0.25) is 0 Å². The molecule has 20 heavy (non-hydrogen) atoms. The summed E-state index contributed by atoms with van der Waals surface area (Å²) in [6, 6.07) is 0. The summed E-state index contributed by atoms with van der Waals surface area (Å²) in [5.41, 5.74) is -0.456. The van der Waals surface area contributed by atoms with Crippen LogP contribution in [0.3, 0.4) is 0 Å². The van der Waals surface area contributed by atoms with Crippen LogP contribution in [-0.4, -0.2) is 36.5 Å². The molecule has 0 saturated heterocycles. The van der Waals surface area contributed by atoms with Gasteiger partial charge >= 0.3 is 5.69 Å². The molecule has 0 aliphatic heterocycles. The first-order chi connectivity index (χ1) is 8.97. The molecular formula is C10H16ClN5O4. The number of imidazole rings is 1. The van der Waals surface area contributed by atoms with E-state index in [0.717, 1.165) is 4.57 Å². The van der Waals surface area contributed by atoms with Crippen molar-refractivity contribution >= 4 is 23.6 Å². The summed E-state index contributed by atoms with van der Waals surface area (Å²) in [5.74, 6) is 4.84. The van der Waals surface area contributed by atoms with Gasteiger partial charge in [0.05, 0.1) is 25.6 Å². The molecular weight excluding hydrogens is 290 g/mol. The maximum absolute atomic E-state index is 12.2. The van der Waals surface area contributed by atoms with Gasteiger partial charge in [0.2, 0.25) is 0 Å². The van der Waals surface area contributed by atoms with Crippen LogP contribution >= 0.6 is 12.4 Å². The van der Waals surface area contributed by atoms with Crippen LogP contribution in [0.5, 0.6) is 0 Å². The maximum Gasteiger partial charge on any atom is 0.332 e. The second kappa shape index (κ2) is 6.18. The van der Waals surface area contributed by atoms with E-state index in [1.165, 1.54) is 22.5 Å². The van der Waals surface area contributed by atoms with E-state index in [1.54, 1.807) is 7.05 Å². The number of nitrogens with zero attached hydrogens (tertiary/aromatic N) is 4. The normalized spacial score (nSPS) is 12.4. The van der Waals surface area contributed by atoms with Crippen LogP contribution in [0.1, 0.15) is 0 Å². The zero-order valence-electron chi connectivity index (χ0n) is 11.0. The van der Waals surface area contributed by atoms with E-state index in [2.05, 4.69) is 9.82 Å². The molecule has 0 saturated carbocycles. The quantitative estimate of drug-likeness (QED) is 0.638. The molecule has 0 aliphatic carbocycles. The van der Waals surface area contributed by atoms with Gasteiger partial charge in [-0.05, 0) is 0 Å². The molecule has 0 bridgehead atoms. The van der Waals surface area contributed by atoms with Gasteiger partial charge in [-0.25, -0.2) is 15.7 Å². The number of fused-ring (bicyclic) bond motifs is 1. The summed E-state index contributed by atoms with van der Waals surface area (Å²) in [5, 5.41) is 9.60. The molecule has 10 heteroatoms. The predicted molar refractivity (Wildman–Crippen MR) is 73.6 cm³/mol.